The second-order valence-electron chi connectivity index (χ2n) is 12.2. The summed E-state index contributed by atoms with van der Waals surface area (Å²) in [7, 11) is 0. The molecule has 4 aromatic carbocycles. The lowest BCUT2D eigenvalue weighted by Crippen LogP contribution is -2.26. The topological polar surface area (TPSA) is 147 Å². The van der Waals surface area contributed by atoms with Crippen LogP contribution in [0.4, 0.5) is 8.78 Å². The number of hydrogen-bond acceptors (Lipinski definition) is 8. The van der Waals surface area contributed by atoms with Gasteiger partial charge in [0.1, 0.15) is 35.3 Å². The Hall–Kier alpha value is -7.40. The minimum Gasteiger partial charge on any atom is -0.247 e. The van der Waals surface area contributed by atoms with Crippen LogP contribution in [0.25, 0.3) is 50.6 Å². The normalized spacial score (nSPS) is 12.9. The first-order valence-electron chi connectivity index (χ1n) is 16.1. The van der Waals surface area contributed by atoms with Crippen LogP contribution in [-0.2, 0) is 0 Å². The monoisotopic (exact) mass is 678 g/mol. The number of fused-ring (bicyclic) bond motifs is 2. The highest BCUT2D eigenvalue weighted by molar-refractivity contribution is 5.92. The quantitative estimate of drug-likeness (QED) is 0.164. The molecule has 1 unspecified atom stereocenters. The van der Waals surface area contributed by atoms with Crippen molar-refractivity contribution in [3.05, 3.63) is 148 Å². The van der Waals surface area contributed by atoms with Gasteiger partial charge in [-0.15, -0.1) is 0 Å². The Kier molecular flexibility index (Phi) is 8.59. The average Bonchev–Trinajstić information content (AvgIpc) is 3.16. The molecule has 0 saturated carbocycles. The van der Waals surface area contributed by atoms with E-state index in [4.69, 9.17) is 19.9 Å². The van der Waals surface area contributed by atoms with Gasteiger partial charge >= 0.3 is 0 Å². The van der Waals surface area contributed by atoms with Gasteiger partial charge in [-0.2, -0.15) is 21.0 Å². The summed E-state index contributed by atoms with van der Waals surface area (Å²) in [4.78, 5) is 20.3. The van der Waals surface area contributed by atoms with Crippen LogP contribution in [0.5, 0.6) is 0 Å². The Morgan fingerprint density at radius 2 is 0.827 bits per heavy atom. The first-order chi connectivity index (χ1) is 25.2. The molecular formula is C42H24F2N8. The van der Waals surface area contributed by atoms with E-state index in [9.17, 15) is 29.8 Å². The number of nitrogens with zero attached hydrogens (tertiary/aromatic N) is 8. The van der Waals surface area contributed by atoms with Gasteiger partial charge in [0.2, 0.25) is 0 Å². The van der Waals surface area contributed by atoms with Crippen molar-refractivity contribution in [3.63, 3.8) is 0 Å². The van der Waals surface area contributed by atoms with E-state index in [1.165, 1.54) is 48.5 Å². The van der Waals surface area contributed by atoms with E-state index in [2.05, 4.69) is 12.1 Å². The maximum Gasteiger partial charge on any atom is 0.147 e. The minimum absolute atomic E-state index is 0.0266. The average molecular weight is 679 g/mol. The number of halogens is 2. The molecule has 0 saturated heterocycles. The van der Waals surface area contributed by atoms with Gasteiger partial charge in [0, 0.05) is 22.3 Å². The Bertz CT molecular complexity index is 2410. The Morgan fingerprint density at radius 3 is 1.15 bits per heavy atom. The lowest BCUT2D eigenvalue weighted by molar-refractivity contribution is 0.627. The van der Waals surface area contributed by atoms with E-state index in [1.54, 1.807) is 0 Å². The fourth-order valence-electron chi connectivity index (χ4n) is 6.25. The van der Waals surface area contributed by atoms with Gasteiger partial charge in [0.25, 0.3) is 0 Å². The van der Waals surface area contributed by atoms with E-state index in [1.807, 2.05) is 74.5 Å². The third kappa shape index (κ3) is 5.81. The predicted octanol–water partition coefficient (Wildman–Crippen LogP) is 8.79. The molecule has 2 aromatic heterocycles. The number of rotatable bonds is 5. The van der Waals surface area contributed by atoms with Crippen molar-refractivity contribution in [2.45, 2.75) is 19.8 Å². The van der Waals surface area contributed by atoms with Gasteiger partial charge in [-0.1, -0.05) is 59.7 Å². The highest BCUT2D eigenvalue weighted by Gasteiger charge is 2.42. The number of aromatic nitrogens is 4. The van der Waals surface area contributed by atoms with Gasteiger partial charge in [0.05, 0.1) is 69.2 Å². The molecule has 0 bridgehead atoms. The summed E-state index contributed by atoms with van der Waals surface area (Å²) >= 11 is 0. The molecule has 0 fully saturated rings. The third-order valence-electron chi connectivity index (χ3n) is 8.88. The molecule has 246 valence electrons. The first-order valence-corrected chi connectivity index (χ1v) is 16.1. The summed E-state index contributed by atoms with van der Waals surface area (Å²) in [5.74, 6) is -3.47. The van der Waals surface area contributed by atoms with Crippen molar-refractivity contribution in [2.75, 3.05) is 0 Å². The number of benzene rings is 4. The van der Waals surface area contributed by atoms with Gasteiger partial charge in [-0.05, 0) is 62.4 Å². The van der Waals surface area contributed by atoms with Gasteiger partial charge < -0.3 is 0 Å². The first kappa shape index (κ1) is 33.1. The SMILES string of the molecule is Cc1ccc(-c2nc3c(nc2-c2ccc(C)cc2)C(C(C#N)C#N)c2nc(-c4ccc(F)cc4)c(-c4ccc(F)cc4)nc2C3=C(C#N)C#N)cc1. The number of hydrogen-bond donors (Lipinski definition) is 0. The second kappa shape index (κ2) is 13.5. The summed E-state index contributed by atoms with van der Waals surface area (Å²) in [6.07, 6.45) is 0. The highest BCUT2D eigenvalue weighted by Crippen LogP contribution is 2.48. The van der Waals surface area contributed by atoms with E-state index in [0.29, 0.717) is 33.6 Å². The third-order valence-corrected chi connectivity index (χ3v) is 8.88. The van der Waals surface area contributed by atoms with Crippen molar-refractivity contribution in [2.24, 2.45) is 5.92 Å². The van der Waals surface area contributed by atoms with Crippen LogP contribution >= 0.6 is 0 Å². The molecule has 52 heavy (non-hydrogen) atoms. The lowest BCUT2D eigenvalue weighted by Gasteiger charge is -2.30. The lowest BCUT2D eigenvalue weighted by atomic mass is 9.77. The van der Waals surface area contributed by atoms with Crippen LogP contribution in [-0.4, -0.2) is 19.9 Å². The molecule has 0 aliphatic heterocycles. The maximum atomic E-state index is 14.1. The van der Waals surface area contributed by atoms with E-state index in [-0.39, 0.29) is 45.3 Å². The minimum atomic E-state index is -1.36. The molecule has 7 rings (SSSR count). The van der Waals surface area contributed by atoms with Crippen LogP contribution < -0.4 is 0 Å². The molecule has 2 heterocycles. The molecule has 6 aromatic rings. The largest absolute Gasteiger partial charge is 0.247 e. The smallest absolute Gasteiger partial charge is 0.147 e. The Balaban J connectivity index is 1.64. The molecule has 8 nitrogen and oxygen atoms in total. The van der Waals surface area contributed by atoms with E-state index < -0.39 is 23.5 Å². The molecule has 10 heteroatoms. The summed E-state index contributed by atoms with van der Waals surface area (Å²) in [5, 5.41) is 41.4. The fraction of sp³-hybridized carbons (Fsp3) is 0.0952. The van der Waals surface area contributed by atoms with Crippen molar-refractivity contribution in [1.29, 1.82) is 21.0 Å². The molecule has 0 spiro atoms. The van der Waals surface area contributed by atoms with Crippen LogP contribution in [0.15, 0.2) is 103 Å². The molecule has 1 aliphatic rings. The van der Waals surface area contributed by atoms with Crippen LogP contribution in [0.3, 0.4) is 0 Å². The predicted molar refractivity (Wildman–Crippen MR) is 189 cm³/mol. The highest BCUT2D eigenvalue weighted by atomic mass is 19.1. The summed E-state index contributed by atoms with van der Waals surface area (Å²) in [5.41, 5.74) is 5.81. The molecule has 1 atom stereocenters. The van der Waals surface area contributed by atoms with Gasteiger partial charge in [-0.25, -0.2) is 28.7 Å². The van der Waals surface area contributed by atoms with E-state index >= 15 is 0 Å². The van der Waals surface area contributed by atoms with Crippen molar-refractivity contribution in [3.8, 4) is 69.3 Å². The Morgan fingerprint density at radius 1 is 0.500 bits per heavy atom. The summed E-state index contributed by atoms with van der Waals surface area (Å²) in [6.45, 7) is 3.92. The second-order valence-corrected chi connectivity index (χ2v) is 12.2. The van der Waals surface area contributed by atoms with Crippen LogP contribution in [0.2, 0.25) is 0 Å². The standard InChI is InChI=1S/C42H24F2N8/c1-23-3-7-25(8-4-23)35-36(26-9-5-24(2)6-10-26)50-40-34(30(21-47)22-48)42-41(33(39(40)49-35)29(19-45)20-46)51-37(27-11-15-31(43)16-12-27)38(52-42)28-13-17-32(44)18-14-28/h3-18,29,33H,1-2H3. The van der Waals surface area contributed by atoms with Crippen molar-refractivity contribution >= 4 is 5.57 Å². The van der Waals surface area contributed by atoms with Crippen molar-refractivity contribution < 1.29 is 8.78 Å². The molecule has 1 aliphatic carbocycles. The summed E-state index contributed by atoms with van der Waals surface area (Å²) < 4.78 is 28.3. The molecule has 0 N–H and O–H groups in total. The van der Waals surface area contributed by atoms with Crippen molar-refractivity contribution in [1.82, 2.24) is 19.9 Å². The zero-order valence-electron chi connectivity index (χ0n) is 27.7. The maximum absolute atomic E-state index is 14.1. The zero-order valence-corrected chi connectivity index (χ0v) is 27.7. The molecular weight excluding hydrogens is 655 g/mol. The molecule has 0 radical (unpaired) electrons. The number of allylic oxidation sites excluding steroid dienone is 1. The summed E-state index contributed by atoms with van der Waals surface area (Å²) in [6, 6.07) is 34.5. The number of aryl methyl sites for hydroxylation is 2. The Labute approximate surface area is 297 Å². The van der Waals surface area contributed by atoms with Gasteiger partial charge in [0.15, 0.2) is 0 Å². The van der Waals surface area contributed by atoms with E-state index in [0.717, 1.165) is 11.1 Å². The zero-order chi connectivity index (χ0) is 36.5. The number of nitriles is 4. The van der Waals surface area contributed by atoms with Crippen LogP contribution in [0.1, 0.15) is 39.8 Å². The van der Waals surface area contributed by atoms with Gasteiger partial charge in [-0.3, -0.25) is 0 Å². The fourth-order valence-corrected chi connectivity index (χ4v) is 6.25. The van der Waals surface area contributed by atoms with Crippen LogP contribution in [0, 0.1) is 76.7 Å². The molecule has 0 amide bonds.